The summed E-state index contributed by atoms with van der Waals surface area (Å²) in [6, 6.07) is 8.63. The Morgan fingerprint density at radius 1 is 1.15 bits per heavy atom. The number of ether oxygens (including phenoxy) is 1. The second-order valence-corrected chi connectivity index (χ2v) is 6.57. The van der Waals surface area contributed by atoms with Gasteiger partial charge in [-0.2, -0.15) is 0 Å². The van der Waals surface area contributed by atoms with Gasteiger partial charge in [0.05, 0.1) is 7.11 Å². The van der Waals surface area contributed by atoms with E-state index in [9.17, 15) is 0 Å². The number of nitrogens with one attached hydrogen (secondary N) is 2. The van der Waals surface area contributed by atoms with Crippen LogP contribution in [0.2, 0.25) is 0 Å². The second-order valence-electron chi connectivity index (χ2n) is 6.57. The molecule has 1 unspecified atom stereocenters. The number of halogens is 1. The second kappa shape index (κ2) is 16.0. The Balaban J connectivity index is 0.00000676. The molecule has 0 aliphatic carbocycles. The van der Waals surface area contributed by atoms with E-state index in [2.05, 4.69) is 55.4 Å². The predicted octanol–water partition coefficient (Wildman–Crippen LogP) is 3.92. The highest BCUT2D eigenvalue weighted by atomic mass is 127. The lowest BCUT2D eigenvalue weighted by Crippen LogP contribution is -2.42. The Labute approximate surface area is 183 Å². The molecule has 0 aliphatic rings. The zero-order valence-corrected chi connectivity index (χ0v) is 20.1. The van der Waals surface area contributed by atoms with Gasteiger partial charge in [-0.15, -0.1) is 24.0 Å². The topological polar surface area (TPSA) is 48.9 Å². The van der Waals surface area contributed by atoms with Crippen molar-refractivity contribution in [2.45, 2.75) is 53.0 Å². The van der Waals surface area contributed by atoms with Crippen LogP contribution in [0.25, 0.3) is 0 Å². The van der Waals surface area contributed by atoms with Crippen molar-refractivity contribution in [3.05, 3.63) is 29.8 Å². The minimum atomic E-state index is 0. The van der Waals surface area contributed by atoms with Crippen LogP contribution in [0.4, 0.5) is 0 Å². The minimum absolute atomic E-state index is 0. The summed E-state index contributed by atoms with van der Waals surface area (Å²) < 4.78 is 5.20. The number of guanidine groups is 1. The van der Waals surface area contributed by atoms with Gasteiger partial charge in [-0.05, 0) is 70.4 Å². The van der Waals surface area contributed by atoms with E-state index in [1.165, 1.54) is 18.5 Å². The van der Waals surface area contributed by atoms with Crippen LogP contribution in [-0.4, -0.2) is 56.7 Å². The van der Waals surface area contributed by atoms with E-state index in [1.54, 1.807) is 7.11 Å². The van der Waals surface area contributed by atoms with Gasteiger partial charge in [0.25, 0.3) is 0 Å². The van der Waals surface area contributed by atoms with Gasteiger partial charge in [0.15, 0.2) is 5.96 Å². The molecule has 6 heteroatoms. The van der Waals surface area contributed by atoms with Gasteiger partial charge < -0.3 is 20.3 Å². The van der Waals surface area contributed by atoms with E-state index < -0.39 is 0 Å². The van der Waals surface area contributed by atoms with Crippen LogP contribution in [0.5, 0.6) is 5.75 Å². The van der Waals surface area contributed by atoms with Gasteiger partial charge in [-0.25, -0.2) is 0 Å². The van der Waals surface area contributed by atoms with E-state index in [0.717, 1.165) is 50.7 Å². The molecular formula is C21H39IN4O. The fourth-order valence-corrected chi connectivity index (χ4v) is 2.88. The van der Waals surface area contributed by atoms with E-state index >= 15 is 0 Å². The Morgan fingerprint density at radius 3 is 2.37 bits per heavy atom. The Kier molecular flexibility index (Phi) is 15.4. The number of aliphatic imine (C=N–C) groups is 1. The molecule has 0 saturated heterocycles. The van der Waals surface area contributed by atoms with Crippen molar-refractivity contribution in [1.29, 1.82) is 0 Å². The molecule has 0 fully saturated rings. The van der Waals surface area contributed by atoms with Crippen molar-refractivity contribution in [3.63, 3.8) is 0 Å². The summed E-state index contributed by atoms with van der Waals surface area (Å²) in [5.74, 6) is 1.81. The number of hydrogen-bond acceptors (Lipinski definition) is 3. The number of nitrogens with zero attached hydrogens (tertiary/aromatic N) is 2. The first-order chi connectivity index (χ1) is 12.6. The summed E-state index contributed by atoms with van der Waals surface area (Å²) in [4.78, 5) is 7.19. The molecule has 1 atom stereocenters. The maximum absolute atomic E-state index is 5.20. The summed E-state index contributed by atoms with van der Waals surface area (Å²) in [6.45, 7) is 13.9. The van der Waals surface area contributed by atoms with Gasteiger partial charge in [0, 0.05) is 19.1 Å². The molecule has 0 spiro atoms. The Morgan fingerprint density at radius 2 is 1.81 bits per heavy atom. The lowest BCUT2D eigenvalue weighted by Gasteiger charge is -2.21. The molecule has 0 amide bonds. The third kappa shape index (κ3) is 11.4. The molecule has 2 N–H and O–H groups in total. The quantitative estimate of drug-likeness (QED) is 0.265. The molecule has 27 heavy (non-hydrogen) atoms. The van der Waals surface area contributed by atoms with Crippen LogP contribution in [0, 0.1) is 0 Å². The normalized spacial score (nSPS) is 12.4. The number of methoxy groups -OCH3 is 1. The van der Waals surface area contributed by atoms with E-state index in [4.69, 9.17) is 9.73 Å². The fourth-order valence-electron chi connectivity index (χ4n) is 2.88. The zero-order chi connectivity index (χ0) is 19.2. The number of hydrogen-bond donors (Lipinski definition) is 2. The van der Waals surface area contributed by atoms with Crippen LogP contribution in [0.3, 0.4) is 0 Å². The van der Waals surface area contributed by atoms with Crippen LogP contribution >= 0.6 is 24.0 Å². The van der Waals surface area contributed by atoms with Gasteiger partial charge in [0.2, 0.25) is 0 Å². The summed E-state index contributed by atoms with van der Waals surface area (Å²) in [7, 11) is 1.69. The fraction of sp³-hybridized carbons (Fsp3) is 0.667. The summed E-state index contributed by atoms with van der Waals surface area (Å²) in [6.07, 6.45) is 3.29. The summed E-state index contributed by atoms with van der Waals surface area (Å²) in [5, 5.41) is 6.88. The SMILES string of the molecule is CCNC(=NCCc1ccc(OC)cc1)NC(C)CCCN(CC)CC.I. The van der Waals surface area contributed by atoms with Crippen LogP contribution in [0.15, 0.2) is 29.3 Å². The zero-order valence-electron chi connectivity index (χ0n) is 17.8. The molecule has 1 rings (SSSR count). The Hall–Kier alpha value is -1.02. The monoisotopic (exact) mass is 490 g/mol. The van der Waals surface area contributed by atoms with Crippen LogP contribution in [0.1, 0.15) is 46.1 Å². The van der Waals surface area contributed by atoms with Crippen molar-refractivity contribution in [2.75, 3.05) is 39.8 Å². The molecule has 156 valence electrons. The predicted molar refractivity (Wildman–Crippen MR) is 128 cm³/mol. The molecule has 0 aliphatic heterocycles. The van der Waals surface area contributed by atoms with Crippen molar-refractivity contribution >= 4 is 29.9 Å². The molecule has 5 nitrogen and oxygen atoms in total. The first kappa shape index (κ1) is 26.0. The standard InChI is InChI=1S/C21H38N4O.HI/c1-6-22-21(24-18(4)10-9-17-25(7-2)8-3)23-16-15-19-11-13-20(26-5)14-12-19;/h11-14,18H,6-10,15-17H2,1-5H3,(H2,22,23,24);1H. The Bertz CT molecular complexity index is 503. The highest BCUT2D eigenvalue weighted by molar-refractivity contribution is 14.0. The molecule has 0 aromatic heterocycles. The smallest absolute Gasteiger partial charge is 0.191 e. The first-order valence-corrected chi connectivity index (χ1v) is 10.0. The van der Waals surface area contributed by atoms with Crippen LogP contribution < -0.4 is 15.4 Å². The summed E-state index contributed by atoms with van der Waals surface area (Å²) >= 11 is 0. The number of benzene rings is 1. The number of rotatable bonds is 12. The third-order valence-electron chi connectivity index (χ3n) is 4.56. The molecule has 0 radical (unpaired) electrons. The lowest BCUT2D eigenvalue weighted by atomic mass is 10.1. The molecule has 1 aromatic rings. The largest absolute Gasteiger partial charge is 0.497 e. The molecule has 0 heterocycles. The minimum Gasteiger partial charge on any atom is -0.497 e. The average molecular weight is 490 g/mol. The van der Waals surface area contributed by atoms with Crippen molar-refractivity contribution in [2.24, 2.45) is 4.99 Å². The van der Waals surface area contributed by atoms with Crippen molar-refractivity contribution in [1.82, 2.24) is 15.5 Å². The highest BCUT2D eigenvalue weighted by Gasteiger charge is 2.06. The highest BCUT2D eigenvalue weighted by Crippen LogP contribution is 2.11. The lowest BCUT2D eigenvalue weighted by molar-refractivity contribution is 0.292. The summed E-state index contributed by atoms with van der Waals surface area (Å²) in [5.41, 5.74) is 1.28. The molecule has 0 saturated carbocycles. The average Bonchev–Trinajstić information content (AvgIpc) is 2.66. The molecular weight excluding hydrogens is 451 g/mol. The van der Waals surface area contributed by atoms with Gasteiger partial charge in [-0.1, -0.05) is 26.0 Å². The van der Waals surface area contributed by atoms with Crippen molar-refractivity contribution in [3.8, 4) is 5.75 Å². The first-order valence-electron chi connectivity index (χ1n) is 10.0. The van der Waals surface area contributed by atoms with Crippen molar-refractivity contribution < 1.29 is 4.74 Å². The van der Waals surface area contributed by atoms with Gasteiger partial charge >= 0.3 is 0 Å². The van der Waals surface area contributed by atoms with Crippen LogP contribution in [-0.2, 0) is 6.42 Å². The maximum Gasteiger partial charge on any atom is 0.191 e. The third-order valence-corrected chi connectivity index (χ3v) is 4.56. The van der Waals surface area contributed by atoms with E-state index in [0.29, 0.717) is 6.04 Å². The molecule has 1 aromatic carbocycles. The van der Waals surface area contributed by atoms with Gasteiger partial charge in [-0.3, -0.25) is 4.99 Å². The maximum atomic E-state index is 5.20. The van der Waals surface area contributed by atoms with Gasteiger partial charge in [0.1, 0.15) is 5.75 Å². The van der Waals surface area contributed by atoms with E-state index in [-0.39, 0.29) is 24.0 Å². The molecule has 0 bridgehead atoms. The van der Waals surface area contributed by atoms with E-state index in [1.807, 2.05) is 12.1 Å².